The van der Waals surface area contributed by atoms with E-state index < -0.39 is 95.2 Å². The molecule has 48 heteroatoms. The van der Waals surface area contributed by atoms with Gasteiger partial charge >= 0.3 is 80.4 Å². The third-order valence-electron chi connectivity index (χ3n) is 14.3. The summed E-state index contributed by atoms with van der Waals surface area (Å²) in [4.78, 5) is 59.3. The molecule has 16 rings (SSSR count). The summed E-state index contributed by atoms with van der Waals surface area (Å²) < 4.78 is 206. The molecule has 0 fully saturated rings. The molecule has 642 valence electrons. The molecule has 0 radical (unpaired) electrons. The van der Waals surface area contributed by atoms with Crippen molar-refractivity contribution in [2.24, 2.45) is 20.4 Å². The SMILES string of the molecule is CC(C)(C)c1ccnc(-c2[c-]cc(F)nc2F)c1.CN(C)c1ccnc(-c2[c-]cc(F)nc2F)c1.CN1C=NN(c2[c-]cc(F)nc2F)[CH-]1.CN1C=NN(c2[c-]cc(F)nc2F)[CH-]1.CN1C=NN(c2[c-]cc(F)nc2F)[CH-]1.CN1C=NN(c2[c-]cc(F)nc2F)[CH-]1.Fc1c[c-]c(-c2ncccn2)c(F)n1.Fc1c[c-]c(-c2ncncn2)c(F)n1.[Ir+3].[Ir+3].[Ir+3].[Ir+3]. The summed E-state index contributed by atoms with van der Waals surface area (Å²) in [5.41, 5.74) is 2.61. The van der Waals surface area contributed by atoms with Crippen LogP contribution in [0.5, 0.6) is 0 Å². The van der Waals surface area contributed by atoms with Crippen LogP contribution < -0.4 is 24.9 Å². The first-order chi connectivity index (χ1) is 56.7. The van der Waals surface area contributed by atoms with Gasteiger partial charge in [-0.3, -0.25) is 75.0 Å². The molecule has 0 amide bonds. The van der Waals surface area contributed by atoms with Gasteiger partial charge in [-0.2, -0.15) is 44.7 Å². The second-order valence-electron chi connectivity index (χ2n) is 24.4. The number of nitrogens with zero attached hydrogens (tertiary/aromatic N) is 28. The maximum absolute atomic E-state index is 13.5. The van der Waals surface area contributed by atoms with Gasteiger partial charge in [-0.25, -0.2) is 40.1 Å². The van der Waals surface area contributed by atoms with Crippen molar-refractivity contribution in [1.29, 1.82) is 0 Å². The Kier molecular flexibility index (Phi) is 39.6. The fourth-order valence-electron chi connectivity index (χ4n) is 8.88. The van der Waals surface area contributed by atoms with Crippen molar-refractivity contribution in [3.8, 4) is 45.3 Å². The first-order valence-corrected chi connectivity index (χ1v) is 33.2. The molecule has 16 heterocycles. The molecule has 4 aliphatic rings. The van der Waals surface area contributed by atoms with Crippen LogP contribution in [0.15, 0.2) is 137 Å². The molecule has 0 atom stereocenters. The third kappa shape index (κ3) is 30.2. The maximum Gasteiger partial charge on any atom is 3.00 e. The average Bonchev–Trinajstić information content (AvgIpc) is 1.81. The molecule has 0 bridgehead atoms. The van der Waals surface area contributed by atoms with Crippen molar-refractivity contribution in [3.05, 3.63) is 292 Å². The number of aromatic nitrogens is 15. The van der Waals surface area contributed by atoms with Crippen molar-refractivity contribution >= 4 is 53.8 Å². The summed E-state index contributed by atoms with van der Waals surface area (Å²) in [7, 11) is 10.7. The molecule has 0 spiro atoms. The van der Waals surface area contributed by atoms with Crippen LogP contribution in [0.2, 0.25) is 0 Å². The summed E-state index contributed by atoms with van der Waals surface area (Å²) in [6.45, 7) is 12.2. The fourth-order valence-corrected chi connectivity index (χ4v) is 8.88. The first-order valence-electron chi connectivity index (χ1n) is 33.2. The molecule has 0 saturated carbocycles. The smallest absolute Gasteiger partial charge is 0.493 e. The topological polar surface area (TPSA) is 272 Å². The molecule has 0 unspecified atom stereocenters. The van der Waals surface area contributed by atoms with Gasteiger partial charge in [-0.05, 0) is 91.5 Å². The van der Waals surface area contributed by atoms with Crippen LogP contribution in [0.3, 0.4) is 0 Å². The zero-order chi connectivity index (χ0) is 86.2. The van der Waals surface area contributed by atoms with Gasteiger partial charge in [0.15, 0.2) is 0 Å². The van der Waals surface area contributed by atoms with Crippen molar-refractivity contribution < 1.29 is 151 Å². The number of pyridine rings is 10. The molecular weight excluding hydrogens is 2370 g/mol. The Labute approximate surface area is 745 Å². The predicted octanol–water partition coefficient (Wildman–Crippen LogP) is 12.3. The van der Waals surface area contributed by atoms with E-state index in [0.29, 0.717) is 11.4 Å². The van der Waals surface area contributed by atoms with Gasteiger partial charge in [-0.15, -0.1) is 75.2 Å². The van der Waals surface area contributed by atoms with E-state index in [0.717, 1.165) is 59.8 Å². The Bertz CT molecular complexity index is 5180. The largest absolute Gasteiger partial charge is 3.00 e. The van der Waals surface area contributed by atoms with Crippen LogP contribution in [-0.2, 0) is 85.8 Å². The standard InChI is InChI=1S/C14H13F2N2.C12H10F2N3.C9H4F2N3.4C8H6F2N4.C8H3F2N4.4Ir/c1-14(2,3)9-6-7-17-11(8-9)10-4-5-12(15)18-13(10)16;1-17(2)8-5-6-15-10(7-8)9-3-4-11(13)16-12(9)14;10-7-3-2-6(8(11)14-7)9-12-4-1-5-13-9;4*1-13-4-11-14(5-13)6-2-3-7(9)12-8(6)10;9-6-2-1-5(7(10)14-6)8-12-3-11-4-13-8;;;;/h5-8H,1-3H3;4-7H,1-2H3;1,3-5H;4*3-5H,1H3;2-4H;;;;/q3*-1;4*-2;-1;4*+3. The van der Waals surface area contributed by atoms with Gasteiger partial charge in [0.05, 0.1) is 60.8 Å². The molecule has 0 aliphatic carbocycles. The Balaban J connectivity index is 0.000000249. The van der Waals surface area contributed by atoms with Crippen molar-refractivity contribution in [1.82, 2.24) is 94.4 Å². The molecule has 0 saturated heterocycles. The van der Waals surface area contributed by atoms with Gasteiger partial charge in [0.1, 0.15) is 84.0 Å². The summed E-state index contributed by atoms with van der Waals surface area (Å²) >= 11 is 0. The molecule has 0 N–H and O–H groups in total. The zero-order valence-electron chi connectivity index (χ0n) is 64.0. The Morgan fingerprint density at radius 2 is 0.593 bits per heavy atom. The number of hydrazone groups is 4. The number of anilines is 5. The van der Waals surface area contributed by atoms with Crippen molar-refractivity contribution in [2.45, 2.75) is 26.2 Å². The van der Waals surface area contributed by atoms with Crippen LogP contribution in [0.4, 0.5) is 98.7 Å². The molecule has 12 aromatic rings. The average molecular weight is 2420 g/mol. The Morgan fingerprint density at radius 3 is 0.862 bits per heavy atom. The summed E-state index contributed by atoms with van der Waals surface area (Å²) in [6, 6.07) is 35.8. The minimum absolute atomic E-state index is 0. The van der Waals surface area contributed by atoms with Crippen LogP contribution >= 0.6 is 0 Å². The fraction of sp³-hybridized carbons (Fsp3) is 0.133. The van der Waals surface area contributed by atoms with Gasteiger partial charge in [0, 0.05) is 44.6 Å². The Hall–Kier alpha value is -12.1. The summed E-state index contributed by atoms with van der Waals surface area (Å²) in [6.07, 6.45) is 14.4. The predicted molar refractivity (Wildman–Crippen MR) is 395 cm³/mol. The summed E-state index contributed by atoms with van der Waals surface area (Å²) in [5.74, 6) is -14.5. The molecule has 28 nitrogen and oxygen atoms in total. The second kappa shape index (κ2) is 48.0. The van der Waals surface area contributed by atoms with Crippen molar-refractivity contribution in [2.75, 3.05) is 67.2 Å². The van der Waals surface area contributed by atoms with E-state index in [4.69, 9.17) is 0 Å². The monoisotopic (exact) mass is 2420 g/mol. The third-order valence-corrected chi connectivity index (χ3v) is 14.3. The van der Waals surface area contributed by atoms with Crippen molar-refractivity contribution in [3.63, 3.8) is 0 Å². The molecule has 0 aromatic carbocycles. The number of hydrogen-bond donors (Lipinski definition) is 0. The van der Waals surface area contributed by atoms with E-state index in [1.807, 2.05) is 25.1 Å². The normalized spacial score (nSPS) is 12.4. The van der Waals surface area contributed by atoms with E-state index in [1.165, 1.54) is 97.1 Å². The maximum atomic E-state index is 13.5. The number of hydrogen-bond acceptors (Lipinski definition) is 28. The quantitative estimate of drug-likeness (QED) is 0.0738. The molecule has 123 heavy (non-hydrogen) atoms. The minimum Gasteiger partial charge on any atom is -0.493 e. The number of halogens is 16. The van der Waals surface area contributed by atoms with E-state index in [1.54, 1.807) is 84.4 Å². The zero-order valence-corrected chi connectivity index (χ0v) is 73.6. The van der Waals surface area contributed by atoms with E-state index >= 15 is 0 Å². The van der Waals surface area contributed by atoms with Gasteiger partial charge in [0.25, 0.3) is 0 Å². The molecule has 4 aliphatic heterocycles. The van der Waals surface area contributed by atoms with E-state index in [9.17, 15) is 70.2 Å². The second-order valence-corrected chi connectivity index (χ2v) is 24.4. The van der Waals surface area contributed by atoms with Crippen LogP contribution in [0.1, 0.15) is 26.3 Å². The van der Waals surface area contributed by atoms with Gasteiger partial charge < -0.3 is 74.4 Å². The van der Waals surface area contributed by atoms with Crippen LogP contribution in [0.25, 0.3) is 45.3 Å². The van der Waals surface area contributed by atoms with Crippen LogP contribution in [-0.4, -0.2) is 162 Å². The van der Waals surface area contributed by atoms with E-state index in [2.05, 4.69) is 164 Å². The molecular formula is C75H54F16Ir4N28. The Morgan fingerprint density at radius 1 is 0.325 bits per heavy atom. The summed E-state index contributed by atoms with van der Waals surface area (Å²) in [5, 5.41) is 20.2. The number of rotatable bonds is 9. The van der Waals surface area contributed by atoms with Gasteiger partial charge in [-0.1, -0.05) is 79.4 Å². The van der Waals surface area contributed by atoms with Gasteiger partial charge in [0.2, 0.25) is 0 Å². The van der Waals surface area contributed by atoms with Crippen LogP contribution in [0, 0.1) is 170 Å². The minimum atomic E-state index is -0.990. The van der Waals surface area contributed by atoms with E-state index in [-0.39, 0.29) is 142 Å². The first kappa shape index (κ1) is 102. The molecule has 12 aromatic heterocycles.